The number of likely N-dealkylation sites (tertiary alicyclic amines) is 2. The second kappa shape index (κ2) is 7.15. The molecule has 2 saturated heterocycles. The lowest BCUT2D eigenvalue weighted by Gasteiger charge is -2.40. The smallest absolute Gasteiger partial charge is 0.409 e. The van der Waals surface area contributed by atoms with Gasteiger partial charge in [-0.1, -0.05) is 18.2 Å². The molecule has 0 unspecified atom stereocenters. The Bertz CT molecular complexity index is 727. The highest BCUT2D eigenvalue weighted by molar-refractivity contribution is 5.94. The zero-order chi connectivity index (χ0) is 19.0. The number of carbonyl (C=O) groups is 2. The van der Waals surface area contributed by atoms with E-state index >= 15 is 0 Å². The van der Waals surface area contributed by atoms with Crippen LogP contribution >= 0.6 is 0 Å². The maximum Gasteiger partial charge on any atom is 0.409 e. The standard InChI is InChI=1S/C21H29N3O3/c1-16(25)24-15-21(18-5-3-4-6-19(18)24)8-11-22(12-9-21)13-17-7-10-23(14-17)20(26)27-2/h3-6,17H,7-15H2,1-2H3/t17-/m1/s1. The molecule has 0 N–H and O–H groups in total. The molecule has 2 fully saturated rings. The van der Waals surface area contributed by atoms with E-state index in [0.29, 0.717) is 5.92 Å². The van der Waals surface area contributed by atoms with Crippen molar-refractivity contribution < 1.29 is 14.3 Å². The van der Waals surface area contributed by atoms with Gasteiger partial charge in [0.1, 0.15) is 0 Å². The van der Waals surface area contributed by atoms with Crippen LogP contribution in [-0.2, 0) is 14.9 Å². The molecule has 1 spiro atoms. The second-order valence-electron chi connectivity index (χ2n) is 8.27. The first kappa shape index (κ1) is 18.3. The lowest BCUT2D eigenvalue weighted by atomic mass is 9.74. The fraction of sp³-hybridized carbons (Fsp3) is 0.619. The number of hydrogen-bond acceptors (Lipinski definition) is 4. The van der Waals surface area contributed by atoms with E-state index in [9.17, 15) is 9.59 Å². The quantitative estimate of drug-likeness (QED) is 0.801. The molecule has 2 amide bonds. The van der Waals surface area contributed by atoms with Crippen molar-refractivity contribution in [3.63, 3.8) is 0 Å². The van der Waals surface area contributed by atoms with Crippen molar-refractivity contribution in [3.05, 3.63) is 29.8 Å². The Morgan fingerprint density at radius 1 is 1.19 bits per heavy atom. The van der Waals surface area contributed by atoms with Crippen molar-refractivity contribution in [2.75, 3.05) is 51.3 Å². The summed E-state index contributed by atoms with van der Waals surface area (Å²) in [5.41, 5.74) is 2.55. The van der Waals surface area contributed by atoms with Crippen LogP contribution in [-0.4, -0.2) is 68.2 Å². The van der Waals surface area contributed by atoms with Crippen molar-refractivity contribution in [2.24, 2.45) is 5.92 Å². The molecule has 6 nitrogen and oxygen atoms in total. The van der Waals surface area contributed by atoms with E-state index in [1.165, 1.54) is 12.7 Å². The molecule has 3 heterocycles. The summed E-state index contributed by atoms with van der Waals surface area (Å²) in [5.74, 6) is 0.665. The normalized spacial score (nSPS) is 24.3. The maximum absolute atomic E-state index is 12.1. The minimum absolute atomic E-state index is 0.104. The predicted octanol–water partition coefficient (Wildman–Crippen LogP) is 2.48. The first-order valence-corrected chi connectivity index (χ1v) is 9.95. The van der Waals surface area contributed by atoms with Crippen LogP contribution in [0.1, 0.15) is 31.7 Å². The average Bonchev–Trinajstić information content (AvgIpc) is 3.27. The lowest BCUT2D eigenvalue weighted by Crippen LogP contribution is -2.47. The van der Waals surface area contributed by atoms with Gasteiger partial charge in [-0.2, -0.15) is 0 Å². The third kappa shape index (κ3) is 3.31. The summed E-state index contributed by atoms with van der Waals surface area (Å²) in [4.78, 5) is 30.1. The van der Waals surface area contributed by atoms with E-state index in [1.54, 1.807) is 6.92 Å². The maximum atomic E-state index is 12.1. The Morgan fingerprint density at radius 2 is 1.93 bits per heavy atom. The number of amides is 2. The van der Waals surface area contributed by atoms with Gasteiger partial charge in [0.15, 0.2) is 0 Å². The molecular weight excluding hydrogens is 342 g/mol. The molecule has 146 valence electrons. The van der Waals surface area contributed by atoms with Gasteiger partial charge in [-0.3, -0.25) is 4.79 Å². The second-order valence-corrected chi connectivity index (χ2v) is 8.27. The van der Waals surface area contributed by atoms with E-state index < -0.39 is 0 Å². The molecule has 0 radical (unpaired) electrons. The van der Waals surface area contributed by atoms with E-state index in [4.69, 9.17) is 4.74 Å². The summed E-state index contributed by atoms with van der Waals surface area (Å²) < 4.78 is 4.84. The minimum Gasteiger partial charge on any atom is -0.453 e. The molecule has 1 aromatic rings. The topological polar surface area (TPSA) is 53.1 Å². The number of piperidine rings is 1. The van der Waals surface area contributed by atoms with E-state index in [-0.39, 0.29) is 17.4 Å². The third-order valence-electron chi connectivity index (χ3n) is 6.66. The molecule has 0 bridgehead atoms. The molecule has 0 saturated carbocycles. The highest BCUT2D eigenvalue weighted by Gasteiger charge is 2.45. The number of nitrogens with zero attached hydrogens (tertiary/aromatic N) is 3. The molecule has 1 atom stereocenters. The molecular formula is C21H29N3O3. The zero-order valence-corrected chi connectivity index (χ0v) is 16.3. The van der Waals surface area contributed by atoms with E-state index in [0.717, 1.165) is 64.2 Å². The molecule has 6 heteroatoms. The number of carbonyl (C=O) groups excluding carboxylic acids is 2. The number of fused-ring (bicyclic) bond motifs is 2. The van der Waals surface area contributed by atoms with Crippen LogP contribution in [0.3, 0.4) is 0 Å². The number of rotatable bonds is 2. The number of methoxy groups -OCH3 is 1. The number of benzene rings is 1. The van der Waals surface area contributed by atoms with Crippen LogP contribution in [0.25, 0.3) is 0 Å². The summed E-state index contributed by atoms with van der Waals surface area (Å²) in [6, 6.07) is 8.41. The van der Waals surface area contributed by atoms with Crippen molar-refractivity contribution in [1.29, 1.82) is 0 Å². The van der Waals surface area contributed by atoms with Gasteiger partial charge in [0.05, 0.1) is 7.11 Å². The van der Waals surface area contributed by atoms with Crippen LogP contribution in [0.4, 0.5) is 10.5 Å². The Labute approximate surface area is 161 Å². The van der Waals surface area contributed by atoms with Gasteiger partial charge in [0.2, 0.25) is 5.91 Å². The Hall–Kier alpha value is -2.08. The number of para-hydroxylation sites is 1. The summed E-state index contributed by atoms with van der Waals surface area (Å²) >= 11 is 0. The van der Waals surface area contributed by atoms with Gasteiger partial charge in [-0.25, -0.2) is 4.79 Å². The lowest BCUT2D eigenvalue weighted by molar-refractivity contribution is -0.116. The van der Waals surface area contributed by atoms with E-state index in [2.05, 4.69) is 23.1 Å². The predicted molar refractivity (Wildman–Crippen MR) is 104 cm³/mol. The van der Waals surface area contributed by atoms with Crippen LogP contribution in [0, 0.1) is 5.92 Å². The minimum atomic E-state index is -0.206. The van der Waals surface area contributed by atoms with Gasteiger partial charge in [0.25, 0.3) is 0 Å². The number of anilines is 1. The molecule has 3 aliphatic rings. The highest BCUT2D eigenvalue weighted by Crippen LogP contribution is 2.47. The molecule has 1 aromatic carbocycles. The number of ether oxygens (including phenoxy) is 1. The van der Waals surface area contributed by atoms with Crippen molar-refractivity contribution in [2.45, 2.75) is 31.6 Å². The van der Waals surface area contributed by atoms with Gasteiger partial charge in [0, 0.05) is 44.2 Å². The van der Waals surface area contributed by atoms with Crippen LogP contribution in [0.5, 0.6) is 0 Å². The average molecular weight is 371 g/mol. The Kier molecular flexibility index (Phi) is 4.84. The summed E-state index contributed by atoms with van der Waals surface area (Å²) in [6.07, 6.45) is 3.02. The fourth-order valence-electron chi connectivity index (χ4n) is 5.14. The van der Waals surface area contributed by atoms with Gasteiger partial charge >= 0.3 is 6.09 Å². The summed E-state index contributed by atoms with van der Waals surface area (Å²) in [7, 11) is 1.45. The van der Waals surface area contributed by atoms with Crippen molar-refractivity contribution in [3.8, 4) is 0 Å². The first-order valence-electron chi connectivity index (χ1n) is 9.95. The van der Waals surface area contributed by atoms with E-state index in [1.807, 2.05) is 15.9 Å². The largest absolute Gasteiger partial charge is 0.453 e. The zero-order valence-electron chi connectivity index (χ0n) is 16.3. The summed E-state index contributed by atoms with van der Waals surface area (Å²) in [6.45, 7) is 7.23. The van der Waals surface area contributed by atoms with Crippen LogP contribution in [0.2, 0.25) is 0 Å². The van der Waals surface area contributed by atoms with Crippen LogP contribution in [0.15, 0.2) is 24.3 Å². The summed E-state index contributed by atoms with van der Waals surface area (Å²) in [5, 5.41) is 0. The van der Waals surface area contributed by atoms with Gasteiger partial charge < -0.3 is 19.4 Å². The van der Waals surface area contributed by atoms with Crippen molar-refractivity contribution >= 4 is 17.7 Å². The van der Waals surface area contributed by atoms with Crippen LogP contribution < -0.4 is 4.90 Å². The molecule has 0 aromatic heterocycles. The molecule has 3 aliphatic heterocycles. The Morgan fingerprint density at radius 3 is 2.63 bits per heavy atom. The molecule has 0 aliphatic carbocycles. The number of hydrogen-bond donors (Lipinski definition) is 0. The molecule has 27 heavy (non-hydrogen) atoms. The first-order chi connectivity index (χ1) is 13.0. The fourth-order valence-corrected chi connectivity index (χ4v) is 5.14. The van der Waals surface area contributed by atoms with Gasteiger partial charge in [-0.05, 0) is 49.9 Å². The highest BCUT2D eigenvalue weighted by atomic mass is 16.5. The monoisotopic (exact) mass is 371 g/mol. The SMILES string of the molecule is COC(=O)N1CC[C@H](CN2CCC3(CC2)CN(C(C)=O)c2ccccc23)C1. The third-order valence-corrected chi connectivity index (χ3v) is 6.66. The van der Waals surface area contributed by atoms with Gasteiger partial charge in [-0.15, -0.1) is 0 Å². The Balaban J connectivity index is 1.38. The van der Waals surface area contributed by atoms with Crippen molar-refractivity contribution in [1.82, 2.24) is 9.80 Å². The molecule has 4 rings (SSSR count).